The molecule has 0 fully saturated rings. The lowest BCUT2D eigenvalue weighted by Crippen LogP contribution is -2.28. The van der Waals surface area contributed by atoms with Gasteiger partial charge in [-0.25, -0.2) is 9.37 Å². The van der Waals surface area contributed by atoms with Crippen molar-refractivity contribution in [1.82, 2.24) is 9.88 Å². The van der Waals surface area contributed by atoms with E-state index >= 15 is 0 Å². The number of terminal acetylenes is 1. The highest BCUT2D eigenvalue weighted by molar-refractivity contribution is 5.95. The normalized spacial score (nSPS) is 11.5. The van der Waals surface area contributed by atoms with Gasteiger partial charge < -0.3 is 15.4 Å². The maximum absolute atomic E-state index is 13.8. The van der Waals surface area contributed by atoms with E-state index < -0.39 is 11.9 Å². The lowest BCUT2D eigenvalue weighted by molar-refractivity contribution is 0.0807. The summed E-state index contributed by atoms with van der Waals surface area (Å²) in [5.41, 5.74) is 7.59. The third kappa shape index (κ3) is 4.31. The predicted octanol–water partition coefficient (Wildman–Crippen LogP) is 3.21. The highest BCUT2D eigenvalue weighted by Crippen LogP contribution is 2.29. The van der Waals surface area contributed by atoms with Crippen LogP contribution in [0.15, 0.2) is 30.5 Å². The van der Waals surface area contributed by atoms with E-state index in [1.165, 1.54) is 23.1 Å². The first-order valence-electron chi connectivity index (χ1n) is 8.26. The number of nitrogens with zero attached hydrogens (tertiary/aromatic N) is 2. The van der Waals surface area contributed by atoms with E-state index in [1.807, 2.05) is 6.92 Å². The van der Waals surface area contributed by atoms with Crippen LogP contribution in [0.4, 0.5) is 10.2 Å². The first-order valence-corrected chi connectivity index (χ1v) is 8.26. The standard InChI is InChI=1S/C20H22FN3O2/c1-5-9-24(4)20(25)16-8-7-15(21)11-17(16)13(3)26-18-10-14(6-2)12-23-19(18)22/h1,7-8,10-13H,6,9H2,2-4H3,(H2,22,23). The highest BCUT2D eigenvalue weighted by Gasteiger charge is 2.21. The average molecular weight is 355 g/mol. The number of nitrogen functional groups attached to an aromatic ring is 1. The second kappa shape index (κ2) is 8.34. The molecule has 0 saturated carbocycles. The molecule has 2 N–H and O–H groups in total. The van der Waals surface area contributed by atoms with Gasteiger partial charge in [-0.1, -0.05) is 12.8 Å². The second-order valence-corrected chi connectivity index (χ2v) is 5.94. The van der Waals surface area contributed by atoms with Gasteiger partial charge in [0, 0.05) is 24.4 Å². The number of hydrogen-bond acceptors (Lipinski definition) is 4. The summed E-state index contributed by atoms with van der Waals surface area (Å²) in [6.45, 7) is 3.87. The molecule has 5 nitrogen and oxygen atoms in total. The third-order valence-electron chi connectivity index (χ3n) is 4.01. The number of rotatable bonds is 6. The molecule has 1 unspecified atom stereocenters. The highest BCUT2D eigenvalue weighted by atomic mass is 19.1. The number of halogens is 1. The molecule has 1 amide bonds. The van der Waals surface area contributed by atoms with Crippen molar-refractivity contribution < 1.29 is 13.9 Å². The molecule has 26 heavy (non-hydrogen) atoms. The number of amides is 1. The van der Waals surface area contributed by atoms with Crippen molar-refractivity contribution in [2.75, 3.05) is 19.3 Å². The number of carbonyl (C=O) groups is 1. The molecule has 0 radical (unpaired) electrons. The SMILES string of the molecule is C#CCN(C)C(=O)c1ccc(F)cc1C(C)Oc1cc(CC)cnc1N. The van der Waals surface area contributed by atoms with Gasteiger partial charge in [-0.2, -0.15) is 0 Å². The Labute approximate surface area is 153 Å². The zero-order chi connectivity index (χ0) is 19.3. The number of hydrogen-bond donors (Lipinski definition) is 1. The van der Waals surface area contributed by atoms with Gasteiger partial charge in [0.1, 0.15) is 11.9 Å². The number of benzene rings is 1. The Morgan fingerprint density at radius 1 is 1.46 bits per heavy atom. The van der Waals surface area contributed by atoms with E-state index in [1.54, 1.807) is 26.2 Å². The Morgan fingerprint density at radius 3 is 2.85 bits per heavy atom. The topological polar surface area (TPSA) is 68.5 Å². The van der Waals surface area contributed by atoms with Gasteiger partial charge in [0.05, 0.1) is 6.54 Å². The van der Waals surface area contributed by atoms with Crippen molar-refractivity contribution >= 4 is 11.7 Å². The van der Waals surface area contributed by atoms with E-state index in [0.29, 0.717) is 16.9 Å². The Kier molecular flexibility index (Phi) is 6.18. The third-order valence-corrected chi connectivity index (χ3v) is 4.01. The molecular formula is C20H22FN3O2. The number of carbonyl (C=O) groups excluding carboxylic acids is 1. The maximum Gasteiger partial charge on any atom is 0.254 e. The van der Waals surface area contributed by atoms with Gasteiger partial charge in [-0.05, 0) is 43.2 Å². The molecule has 0 aliphatic carbocycles. The van der Waals surface area contributed by atoms with Crippen LogP contribution in [0.25, 0.3) is 0 Å². The summed E-state index contributed by atoms with van der Waals surface area (Å²) in [6, 6.07) is 5.75. The van der Waals surface area contributed by atoms with E-state index in [0.717, 1.165) is 12.0 Å². The van der Waals surface area contributed by atoms with Crippen LogP contribution < -0.4 is 10.5 Å². The molecule has 0 spiro atoms. The van der Waals surface area contributed by atoms with Gasteiger partial charge >= 0.3 is 0 Å². The van der Waals surface area contributed by atoms with Crippen molar-refractivity contribution in [3.63, 3.8) is 0 Å². The van der Waals surface area contributed by atoms with Crippen molar-refractivity contribution in [1.29, 1.82) is 0 Å². The summed E-state index contributed by atoms with van der Waals surface area (Å²) in [4.78, 5) is 18.1. The monoisotopic (exact) mass is 355 g/mol. The van der Waals surface area contributed by atoms with Crippen LogP contribution in [0.2, 0.25) is 0 Å². The fraction of sp³-hybridized carbons (Fsp3) is 0.300. The van der Waals surface area contributed by atoms with Crippen LogP contribution in [-0.2, 0) is 6.42 Å². The maximum atomic E-state index is 13.8. The summed E-state index contributed by atoms with van der Waals surface area (Å²) in [6.07, 6.45) is 7.11. The van der Waals surface area contributed by atoms with Gasteiger partial charge in [0.2, 0.25) is 0 Å². The van der Waals surface area contributed by atoms with E-state index in [-0.39, 0.29) is 18.3 Å². The van der Waals surface area contributed by atoms with Gasteiger partial charge in [-0.3, -0.25) is 4.79 Å². The lowest BCUT2D eigenvalue weighted by atomic mass is 10.0. The van der Waals surface area contributed by atoms with Crippen LogP contribution in [0.1, 0.15) is 41.4 Å². The molecule has 0 saturated heterocycles. The van der Waals surface area contributed by atoms with Gasteiger partial charge in [0.25, 0.3) is 5.91 Å². The van der Waals surface area contributed by atoms with Crippen molar-refractivity contribution in [3.05, 3.63) is 53.0 Å². The number of pyridine rings is 1. The Morgan fingerprint density at radius 2 is 2.19 bits per heavy atom. The summed E-state index contributed by atoms with van der Waals surface area (Å²) < 4.78 is 19.7. The molecule has 2 aromatic rings. The zero-order valence-electron chi connectivity index (χ0n) is 15.1. The Balaban J connectivity index is 2.37. The fourth-order valence-electron chi connectivity index (χ4n) is 2.52. The molecule has 0 aliphatic rings. The predicted molar refractivity (Wildman–Crippen MR) is 99.3 cm³/mol. The molecule has 2 rings (SSSR count). The quantitative estimate of drug-likeness (QED) is 0.808. The minimum absolute atomic E-state index is 0.153. The van der Waals surface area contributed by atoms with Crippen LogP contribution in [-0.4, -0.2) is 29.4 Å². The summed E-state index contributed by atoms with van der Waals surface area (Å²) in [5.74, 6) is 2.29. The van der Waals surface area contributed by atoms with Crippen molar-refractivity contribution in [2.24, 2.45) is 0 Å². The van der Waals surface area contributed by atoms with E-state index in [4.69, 9.17) is 16.9 Å². The zero-order valence-corrected chi connectivity index (χ0v) is 15.1. The number of ether oxygens (including phenoxy) is 1. The second-order valence-electron chi connectivity index (χ2n) is 5.94. The average Bonchev–Trinajstić information content (AvgIpc) is 2.63. The minimum Gasteiger partial charge on any atom is -0.482 e. The molecule has 6 heteroatoms. The summed E-state index contributed by atoms with van der Waals surface area (Å²) in [7, 11) is 1.59. The van der Waals surface area contributed by atoms with E-state index in [9.17, 15) is 9.18 Å². The first kappa shape index (κ1) is 19.3. The van der Waals surface area contributed by atoms with Gasteiger partial charge in [0.15, 0.2) is 11.6 Å². The van der Waals surface area contributed by atoms with Crippen molar-refractivity contribution in [3.8, 4) is 18.1 Å². The molecule has 136 valence electrons. The Hall–Kier alpha value is -3.07. The molecule has 0 bridgehead atoms. The van der Waals surface area contributed by atoms with Crippen LogP contribution in [0.5, 0.6) is 5.75 Å². The number of aryl methyl sites for hydroxylation is 1. The van der Waals surface area contributed by atoms with Gasteiger partial charge in [-0.15, -0.1) is 6.42 Å². The fourth-order valence-corrected chi connectivity index (χ4v) is 2.52. The van der Waals surface area contributed by atoms with Crippen LogP contribution in [0.3, 0.4) is 0 Å². The smallest absolute Gasteiger partial charge is 0.254 e. The summed E-state index contributed by atoms with van der Waals surface area (Å²) in [5, 5.41) is 0. The van der Waals surface area contributed by atoms with Crippen molar-refractivity contribution in [2.45, 2.75) is 26.4 Å². The molecular weight excluding hydrogens is 333 g/mol. The van der Waals surface area contributed by atoms with E-state index in [2.05, 4.69) is 10.9 Å². The Bertz CT molecular complexity index is 845. The molecule has 1 aromatic heterocycles. The summed E-state index contributed by atoms with van der Waals surface area (Å²) >= 11 is 0. The molecule has 1 heterocycles. The minimum atomic E-state index is -0.611. The number of nitrogens with two attached hydrogens (primary N) is 1. The number of anilines is 1. The largest absolute Gasteiger partial charge is 0.482 e. The molecule has 1 atom stereocenters. The molecule has 1 aromatic carbocycles. The first-order chi connectivity index (χ1) is 12.4. The lowest BCUT2D eigenvalue weighted by Gasteiger charge is -2.21. The molecule has 0 aliphatic heterocycles. The van der Waals surface area contributed by atoms with Crippen LogP contribution in [0, 0.1) is 18.2 Å². The number of aromatic nitrogens is 1. The van der Waals surface area contributed by atoms with Crippen LogP contribution >= 0.6 is 0 Å².